The van der Waals surface area contributed by atoms with Gasteiger partial charge in [0, 0.05) is 6.07 Å². The molecule has 0 bridgehead atoms. The topological polar surface area (TPSA) is 33.0 Å². The van der Waals surface area contributed by atoms with Crippen LogP contribution in [0, 0.1) is 17.1 Å². The highest BCUT2D eigenvalue weighted by Gasteiger charge is 2.23. The predicted molar refractivity (Wildman–Crippen MR) is 44.8 cm³/mol. The number of ether oxygens (including phenoxy) is 1. The van der Waals surface area contributed by atoms with E-state index >= 15 is 0 Å². The highest BCUT2D eigenvalue weighted by Crippen LogP contribution is 2.27. The van der Waals surface area contributed by atoms with Crippen molar-refractivity contribution < 1.29 is 9.13 Å². The van der Waals surface area contributed by atoms with Crippen LogP contribution >= 0.6 is 0 Å². The lowest BCUT2D eigenvalue weighted by Gasteiger charge is -2.03. The van der Waals surface area contributed by atoms with Crippen molar-refractivity contribution in [3.63, 3.8) is 0 Å². The van der Waals surface area contributed by atoms with Crippen molar-refractivity contribution >= 4 is 0 Å². The van der Waals surface area contributed by atoms with Crippen molar-refractivity contribution in [2.24, 2.45) is 0 Å². The molecule has 0 heterocycles. The maximum Gasteiger partial charge on any atom is 0.141 e. The molecular formula is C10H8FNO. The Kier molecular flexibility index (Phi) is 1.90. The molecule has 0 aliphatic heterocycles. The summed E-state index contributed by atoms with van der Waals surface area (Å²) in [5, 5.41) is 8.55. The van der Waals surface area contributed by atoms with Crippen LogP contribution in [0.15, 0.2) is 18.2 Å². The van der Waals surface area contributed by atoms with E-state index in [-0.39, 0.29) is 11.7 Å². The minimum absolute atomic E-state index is 0.0400. The van der Waals surface area contributed by atoms with Crippen molar-refractivity contribution in [3.05, 3.63) is 29.6 Å². The largest absolute Gasteiger partial charge is 0.490 e. The normalized spacial score (nSPS) is 15.1. The number of nitriles is 1. The summed E-state index contributed by atoms with van der Waals surface area (Å²) in [5.41, 5.74) is 0.0400. The average molecular weight is 177 g/mol. The van der Waals surface area contributed by atoms with Crippen LogP contribution in [0.4, 0.5) is 4.39 Å². The molecule has 0 N–H and O–H groups in total. The monoisotopic (exact) mass is 177 g/mol. The van der Waals surface area contributed by atoms with Gasteiger partial charge in [0.1, 0.15) is 17.6 Å². The molecule has 0 unspecified atom stereocenters. The van der Waals surface area contributed by atoms with E-state index in [4.69, 9.17) is 10.00 Å². The van der Waals surface area contributed by atoms with Gasteiger partial charge in [0.25, 0.3) is 0 Å². The Morgan fingerprint density at radius 1 is 1.46 bits per heavy atom. The molecule has 2 rings (SSSR count). The molecule has 1 aliphatic carbocycles. The van der Waals surface area contributed by atoms with Crippen molar-refractivity contribution in [3.8, 4) is 11.8 Å². The van der Waals surface area contributed by atoms with Crippen molar-refractivity contribution in [1.82, 2.24) is 0 Å². The van der Waals surface area contributed by atoms with Gasteiger partial charge < -0.3 is 4.74 Å². The molecule has 0 spiro atoms. The maximum absolute atomic E-state index is 12.8. The van der Waals surface area contributed by atoms with Gasteiger partial charge in [0.05, 0.1) is 11.7 Å². The van der Waals surface area contributed by atoms with Gasteiger partial charge in [-0.15, -0.1) is 0 Å². The van der Waals surface area contributed by atoms with E-state index in [0.29, 0.717) is 5.75 Å². The summed E-state index contributed by atoms with van der Waals surface area (Å²) in [7, 11) is 0. The first-order chi connectivity index (χ1) is 6.29. The Labute approximate surface area is 75.6 Å². The standard InChI is InChI=1S/C10H8FNO/c11-10-4-3-9(5-7(10)6-12)13-8-1-2-8/h3-5,8H,1-2H2. The van der Waals surface area contributed by atoms with E-state index < -0.39 is 5.82 Å². The Morgan fingerprint density at radius 3 is 2.85 bits per heavy atom. The predicted octanol–water partition coefficient (Wildman–Crippen LogP) is 2.24. The first-order valence-corrected chi connectivity index (χ1v) is 4.16. The molecule has 1 aliphatic rings. The number of rotatable bonds is 2. The summed E-state index contributed by atoms with van der Waals surface area (Å²) in [5.74, 6) is 0.0890. The number of halogens is 1. The summed E-state index contributed by atoms with van der Waals surface area (Å²) >= 11 is 0. The van der Waals surface area contributed by atoms with Crippen LogP contribution in [0.1, 0.15) is 18.4 Å². The van der Waals surface area contributed by atoms with Crippen LogP contribution in [-0.4, -0.2) is 6.10 Å². The van der Waals surface area contributed by atoms with Gasteiger partial charge >= 0.3 is 0 Å². The fraction of sp³-hybridized carbons (Fsp3) is 0.300. The van der Waals surface area contributed by atoms with Crippen molar-refractivity contribution in [2.45, 2.75) is 18.9 Å². The summed E-state index contributed by atoms with van der Waals surface area (Å²) in [6, 6.07) is 6.02. The number of hydrogen-bond donors (Lipinski definition) is 0. The number of hydrogen-bond acceptors (Lipinski definition) is 2. The van der Waals surface area contributed by atoms with Crippen molar-refractivity contribution in [2.75, 3.05) is 0 Å². The molecule has 0 amide bonds. The van der Waals surface area contributed by atoms with E-state index in [0.717, 1.165) is 12.8 Å². The third-order valence-corrected chi connectivity index (χ3v) is 1.89. The van der Waals surface area contributed by atoms with Gasteiger partial charge in [-0.25, -0.2) is 4.39 Å². The van der Waals surface area contributed by atoms with Crippen LogP contribution in [0.3, 0.4) is 0 Å². The Hall–Kier alpha value is -1.56. The maximum atomic E-state index is 12.8. The Bertz CT molecular complexity index is 366. The third-order valence-electron chi connectivity index (χ3n) is 1.89. The molecule has 66 valence electrons. The molecule has 13 heavy (non-hydrogen) atoms. The molecular weight excluding hydrogens is 169 g/mol. The van der Waals surface area contributed by atoms with Crippen LogP contribution in [0.2, 0.25) is 0 Å². The molecule has 3 heteroatoms. The zero-order chi connectivity index (χ0) is 9.26. The minimum atomic E-state index is -0.495. The fourth-order valence-corrected chi connectivity index (χ4v) is 1.04. The molecule has 0 saturated heterocycles. The van der Waals surface area contributed by atoms with Gasteiger partial charge in [-0.3, -0.25) is 0 Å². The van der Waals surface area contributed by atoms with E-state index in [1.54, 1.807) is 12.1 Å². The van der Waals surface area contributed by atoms with Gasteiger partial charge in [0.2, 0.25) is 0 Å². The molecule has 1 saturated carbocycles. The zero-order valence-corrected chi connectivity index (χ0v) is 6.96. The van der Waals surface area contributed by atoms with Gasteiger partial charge in [0.15, 0.2) is 0 Å². The van der Waals surface area contributed by atoms with Crippen molar-refractivity contribution in [1.29, 1.82) is 5.26 Å². The highest BCUT2D eigenvalue weighted by atomic mass is 19.1. The van der Waals surface area contributed by atoms with Gasteiger partial charge in [-0.1, -0.05) is 0 Å². The lowest BCUT2D eigenvalue weighted by atomic mass is 10.2. The first kappa shape index (κ1) is 8.06. The highest BCUT2D eigenvalue weighted by molar-refractivity contribution is 5.37. The molecule has 0 aromatic heterocycles. The smallest absolute Gasteiger partial charge is 0.141 e. The third kappa shape index (κ3) is 1.78. The number of benzene rings is 1. The molecule has 1 fully saturated rings. The first-order valence-electron chi connectivity index (χ1n) is 4.16. The van der Waals surface area contributed by atoms with Gasteiger partial charge in [-0.2, -0.15) is 5.26 Å². The zero-order valence-electron chi connectivity index (χ0n) is 6.96. The Balaban J connectivity index is 2.22. The van der Waals surface area contributed by atoms with E-state index in [1.807, 2.05) is 0 Å². The molecule has 0 radical (unpaired) electrons. The molecule has 1 aromatic carbocycles. The summed E-state index contributed by atoms with van der Waals surface area (Å²) < 4.78 is 18.2. The Morgan fingerprint density at radius 2 is 2.23 bits per heavy atom. The quantitative estimate of drug-likeness (QED) is 0.694. The SMILES string of the molecule is N#Cc1cc(OC2CC2)ccc1F. The second-order valence-electron chi connectivity index (χ2n) is 3.07. The van der Waals surface area contributed by atoms with Crippen LogP contribution in [-0.2, 0) is 0 Å². The van der Waals surface area contributed by atoms with E-state index in [9.17, 15) is 4.39 Å². The van der Waals surface area contributed by atoms with Crippen LogP contribution in [0.5, 0.6) is 5.75 Å². The fourth-order valence-electron chi connectivity index (χ4n) is 1.04. The second-order valence-corrected chi connectivity index (χ2v) is 3.07. The van der Waals surface area contributed by atoms with E-state index in [1.165, 1.54) is 12.1 Å². The van der Waals surface area contributed by atoms with E-state index in [2.05, 4.69) is 0 Å². The lowest BCUT2D eigenvalue weighted by molar-refractivity contribution is 0.302. The average Bonchev–Trinajstić information content (AvgIpc) is 2.92. The molecule has 1 aromatic rings. The molecule has 2 nitrogen and oxygen atoms in total. The lowest BCUT2D eigenvalue weighted by Crippen LogP contribution is -1.96. The summed E-state index contributed by atoms with van der Waals surface area (Å²) in [6.45, 7) is 0. The summed E-state index contributed by atoms with van der Waals surface area (Å²) in [4.78, 5) is 0. The molecule has 0 atom stereocenters. The number of nitrogens with zero attached hydrogens (tertiary/aromatic N) is 1. The summed E-state index contributed by atoms with van der Waals surface area (Å²) in [6.07, 6.45) is 2.38. The van der Waals surface area contributed by atoms with Crippen LogP contribution in [0.25, 0.3) is 0 Å². The van der Waals surface area contributed by atoms with Crippen LogP contribution < -0.4 is 4.74 Å². The van der Waals surface area contributed by atoms with Gasteiger partial charge in [-0.05, 0) is 25.0 Å². The minimum Gasteiger partial charge on any atom is -0.490 e. The second kappa shape index (κ2) is 3.06.